The Hall–Kier alpha value is -2.17. The molecule has 110 valence electrons. The molecule has 2 N–H and O–H groups in total. The molecule has 4 nitrogen and oxygen atoms in total. The SMILES string of the molecule is COC(=O)c1ccc(CN[C@H](CO)c2ccccc2)cc1. The van der Waals surface area contributed by atoms with Crippen LogP contribution in [0.5, 0.6) is 0 Å². The first-order valence-corrected chi connectivity index (χ1v) is 6.81. The Kier molecular flexibility index (Phi) is 5.49. The van der Waals surface area contributed by atoms with E-state index in [9.17, 15) is 9.90 Å². The summed E-state index contributed by atoms with van der Waals surface area (Å²) in [6, 6.07) is 16.9. The van der Waals surface area contributed by atoms with E-state index in [1.165, 1.54) is 7.11 Å². The molecule has 0 aromatic heterocycles. The second-order valence-electron chi connectivity index (χ2n) is 4.72. The molecule has 2 rings (SSSR count). The van der Waals surface area contributed by atoms with Gasteiger partial charge in [-0.2, -0.15) is 0 Å². The van der Waals surface area contributed by atoms with Crippen molar-refractivity contribution in [1.29, 1.82) is 0 Å². The van der Waals surface area contributed by atoms with Crippen LogP contribution < -0.4 is 5.32 Å². The summed E-state index contributed by atoms with van der Waals surface area (Å²) in [6.07, 6.45) is 0. The number of carbonyl (C=O) groups is 1. The fraction of sp³-hybridized carbons (Fsp3) is 0.235. The van der Waals surface area contributed by atoms with E-state index in [-0.39, 0.29) is 18.6 Å². The molecule has 0 amide bonds. The molecule has 0 fully saturated rings. The van der Waals surface area contributed by atoms with Crippen LogP contribution in [0.25, 0.3) is 0 Å². The number of benzene rings is 2. The van der Waals surface area contributed by atoms with Crippen LogP contribution in [0.3, 0.4) is 0 Å². The highest BCUT2D eigenvalue weighted by Gasteiger charge is 2.09. The third-order valence-electron chi connectivity index (χ3n) is 3.31. The van der Waals surface area contributed by atoms with Crippen molar-refractivity contribution in [2.24, 2.45) is 0 Å². The van der Waals surface area contributed by atoms with Gasteiger partial charge in [0.1, 0.15) is 0 Å². The predicted octanol–water partition coefficient (Wildman–Crippen LogP) is 2.30. The monoisotopic (exact) mass is 285 g/mol. The number of rotatable bonds is 6. The van der Waals surface area contributed by atoms with Crippen LogP contribution in [0.4, 0.5) is 0 Å². The minimum atomic E-state index is -0.341. The van der Waals surface area contributed by atoms with Gasteiger partial charge in [-0.3, -0.25) is 0 Å². The summed E-state index contributed by atoms with van der Waals surface area (Å²) >= 11 is 0. The van der Waals surface area contributed by atoms with Crippen LogP contribution in [0, 0.1) is 0 Å². The van der Waals surface area contributed by atoms with Crippen molar-refractivity contribution < 1.29 is 14.6 Å². The number of nitrogens with one attached hydrogen (secondary N) is 1. The largest absolute Gasteiger partial charge is 0.465 e. The molecule has 0 saturated carbocycles. The van der Waals surface area contributed by atoms with E-state index < -0.39 is 0 Å². The van der Waals surface area contributed by atoms with Gasteiger partial charge in [0, 0.05) is 6.54 Å². The second kappa shape index (κ2) is 7.57. The van der Waals surface area contributed by atoms with Gasteiger partial charge >= 0.3 is 5.97 Å². The Balaban J connectivity index is 1.97. The van der Waals surface area contributed by atoms with Crippen molar-refractivity contribution in [2.75, 3.05) is 13.7 Å². The van der Waals surface area contributed by atoms with Gasteiger partial charge in [0.05, 0.1) is 25.3 Å². The number of aliphatic hydroxyl groups excluding tert-OH is 1. The second-order valence-corrected chi connectivity index (χ2v) is 4.72. The van der Waals surface area contributed by atoms with Crippen LogP contribution in [-0.4, -0.2) is 24.8 Å². The van der Waals surface area contributed by atoms with E-state index in [0.29, 0.717) is 12.1 Å². The molecule has 0 unspecified atom stereocenters. The number of ether oxygens (including phenoxy) is 1. The lowest BCUT2D eigenvalue weighted by Crippen LogP contribution is -2.23. The lowest BCUT2D eigenvalue weighted by Gasteiger charge is -2.16. The van der Waals surface area contributed by atoms with Gasteiger partial charge in [-0.1, -0.05) is 42.5 Å². The maximum Gasteiger partial charge on any atom is 0.337 e. The van der Waals surface area contributed by atoms with E-state index >= 15 is 0 Å². The average molecular weight is 285 g/mol. The quantitative estimate of drug-likeness (QED) is 0.800. The third kappa shape index (κ3) is 4.15. The molecule has 4 heteroatoms. The fourth-order valence-electron chi connectivity index (χ4n) is 2.09. The first kappa shape index (κ1) is 15.2. The van der Waals surface area contributed by atoms with Gasteiger partial charge in [0.15, 0.2) is 0 Å². The zero-order chi connectivity index (χ0) is 15.1. The third-order valence-corrected chi connectivity index (χ3v) is 3.31. The standard InChI is InChI=1S/C17H19NO3/c1-21-17(20)15-9-7-13(8-10-15)11-18-16(12-19)14-5-3-2-4-6-14/h2-10,16,18-19H,11-12H2,1H3/t16-/m1/s1. The summed E-state index contributed by atoms with van der Waals surface area (Å²) in [5.74, 6) is -0.341. The number of methoxy groups -OCH3 is 1. The minimum absolute atomic E-state index is 0.0320. The lowest BCUT2D eigenvalue weighted by atomic mass is 10.1. The first-order valence-electron chi connectivity index (χ1n) is 6.81. The van der Waals surface area contributed by atoms with Crippen LogP contribution >= 0.6 is 0 Å². The van der Waals surface area contributed by atoms with Crippen LogP contribution in [-0.2, 0) is 11.3 Å². The van der Waals surface area contributed by atoms with Gasteiger partial charge in [-0.05, 0) is 23.3 Å². The van der Waals surface area contributed by atoms with E-state index in [1.54, 1.807) is 12.1 Å². The lowest BCUT2D eigenvalue weighted by molar-refractivity contribution is 0.0600. The molecular formula is C17H19NO3. The zero-order valence-corrected chi connectivity index (χ0v) is 12.0. The maximum absolute atomic E-state index is 11.4. The summed E-state index contributed by atoms with van der Waals surface area (Å²) in [5, 5.41) is 12.8. The van der Waals surface area contributed by atoms with Crippen molar-refractivity contribution in [3.05, 3.63) is 71.3 Å². The van der Waals surface area contributed by atoms with Gasteiger partial charge in [0.2, 0.25) is 0 Å². The van der Waals surface area contributed by atoms with Gasteiger partial charge in [-0.15, -0.1) is 0 Å². The average Bonchev–Trinajstić information content (AvgIpc) is 2.56. The van der Waals surface area contributed by atoms with Crippen LogP contribution in [0.15, 0.2) is 54.6 Å². The van der Waals surface area contributed by atoms with Gasteiger partial charge in [-0.25, -0.2) is 4.79 Å². The van der Waals surface area contributed by atoms with Gasteiger partial charge in [0.25, 0.3) is 0 Å². The fourth-order valence-corrected chi connectivity index (χ4v) is 2.09. The Bertz CT molecular complexity index is 566. The molecule has 0 aliphatic rings. The number of aliphatic hydroxyl groups is 1. The summed E-state index contributed by atoms with van der Waals surface area (Å²) in [5.41, 5.74) is 2.62. The highest BCUT2D eigenvalue weighted by Crippen LogP contribution is 2.13. The van der Waals surface area contributed by atoms with E-state index in [0.717, 1.165) is 11.1 Å². The Morgan fingerprint density at radius 2 is 1.81 bits per heavy atom. The number of hydrogen-bond donors (Lipinski definition) is 2. The Morgan fingerprint density at radius 3 is 2.38 bits per heavy atom. The van der Waals surface area contributed by atoms with Crippen molar-refractivity contribution in [1.82, 2.24) is 5.32 Å². The van der Waals surface area contributed by atoms with Crippen LogP contribution in [0.2, 0.25) is 0 Å². The van der Waals surface area contributed by atoms with Crippen molar-refractivity contribution >= 4 is 5.97 Å². The molecule has 0 bridgehead atoms. The molecule has 0 aliphatic carbocycles. The topological polar surface area (TPSA) is 58.6 Å². The minimum Gasteiger partial charge on any atom is -0.465 e. The van der Waals surface area contributed by atoms with E-state index in [4.69, 9.17) is 0 Å². The molecule has 1 atom stereocenters. The molecule has 0 saturated heterocycles. The molecule has 2 aromatic rings. The van der Waals surface area contributed by atoms with Crippen LogP contribution in [0.1, 0.15) is 27.5 Å². The summed E-state index contributed by atoms with van der Waals surface area (Å²) in [6.45, 7) is 0.645. The smallest absolute Gasteiger partial charge is 0.337 e. The number of hydrogen-bond acceptors (Lipinski definition) is 4. The summed E-state index contributed by atoms with van der Waals surface area (Å²) < 4.78 is 4.66. The van der Waals surface area contributed by atoms with E-state index in [1.807, 2.05) is 42.5 Å². The summed E-state index contributed by atoms with van der Waals surface area (Å²) in [7, 11) is 1.36. The molecule has 0 heterocycles. The maximum atomic E-state index is 11.4. The first-order chi connectivity index (χ1) is 10.2. The van der Waals surface area contributed by atoms with Crippen molar-refractivity contribution in [2.45, 2.75) is 12.6 Å². The van der Waals surface area contributed by atoms with Crippen molar-refractivity contribution in [3.63, 3.8) is 0 Å². The molecular weight excluding hydrogens is 266 g/mol. The number of carbonyl (C=O) groups excluding carboxylic acids is 1. The zero-order valence-electron chi connectivity index (χ0n) is 12.0. The van der Waals surface area contributed by atoms with E-state index in [2.05, 4.69) is 10.1 Å². The number of esters is 1. The summed E-state index contributed by atoms with van der Waals surface area (Å²) in [4.78, 5) is 11.4. The Labute approximate surface area is 124 Å². The van der Waals surface area contributed by atoms with Crippen molar-refractivity contribution in [3.8, 4) is 0 Å². The Morgan fingerprint density at radius 1 is 1.14 bits per heavy atom. The normalized spacial score (nSPS) is 11.9. The molecule has 0 spiro atoms. The highest BCUT2D eigenvalue weighted by atomic mass is 16.5. The molecule has 21 heavy (non-hydrogen) atoms. The molecule has 0 aliphatic heterocycles. The van der Waals surface area contributed by atoms with Gasteiger partial charge < -0.3 is 15.2 Å². The molecule has 2 aromatic carbocycles. The molecule has 0 radical (unpaired) electrons. The predicted molar refractivity (Wildman–Crippen MR) is 80.9 cm³/mol. The highest BCUT2D eigenvalue weighted by molar-refractivity contribution is 5.89.